The molecule has 0 fully saturated rings. The summed E-state index contributed by atoms with van der Waals surface area (Å²) in [5.41, 5.74) is 4.79. The lowest BCUT2D eigenvalue weighted by Crippen LogP contribution is -1.83. The van der Waals surface area contributed by atoms with Crippen LogP contribution in [0.15, 0.2) is 39.4 Å². The Morgan fingerprint density at radius 3 is 2.72 bits per heavy atom. The highest BCUT2D eigenvalue weighted by Crippen LogP contribution is 2.26. The first-order valence-corrected chi connectivity index (χ1v) is 6.42. The van der Waals surface area contributed by atoms with Crippen molar-refractivity contribution in [3.05, 3.63) is 46.1 Å². The Balaban J connectivity index is 2.16. The van der Waals surface area contributed by atoms with Gasteiger partial charge >= 0.3 is 0 Å². The minimum absolute atomic E-state index is 0.610. The van der Waals surface area contributed by atoms with E-state index in [1.54, 1.807) is 6.20 Å². The summed E-state index contributed by atoms with van der Waals surface area (Å²) in [4.78, 5) is 8.61. The van der Waals surface area contributed by atoms with Gasteiger partial charge in [-0.25, -0.2) is 4.98 Å². The van der Waals surface area contributed by atoms with Crippen LogP contribution in [0.5, 0.6) is 0 Å². The summed E-state index contributed by atoms with van der Waals surface area (Å²) < 4.78 is 6.61. The smallest absolute Gasteiger partial charge is 0.228 e. The number of oxazole rings is 1. The summed E-state index contributed by atoms with van der Waals surface area (Å²) in [7, 11) is 0. The molecule has 0 N–H and O–H groups in total. The topological polar surface area (TPSA) is 38.9 Å². The molecule has 1 aromatic carbocycles. The quantitative estimate of drug-likeness (QED) is 0.674. The number of pyridine rings is 1. The van der Waals surface area contributed by atoms with Gasteiger partial charge in [0.15, 0.2) is 11.2 Å². The number of rotatable bonds is 1. The zero-order valence-electron chi connectivity index (χ0n) is 10.1. The fourth-order valence-electron chi connectivity index (χ4n) is 1.79. The normalized spacial score (nSPS) is 11.1. The van der Waals surface area contributed by atoms with Crippen LogP contribution in [0.3, 0.4) is 0 Å². The van der Waals surface area contributed by atoms with Gasteiger partial charge in [-0.1, -0.05) is 6.07 Å². The molecule has 0 amide bonds. The molecule has 0 spiro atoms. The molecule has 18 heavy (non-hydrogen) atoms. The molecular weight excluding hydrogens is 292 g/mol. The summed E-state index contributed by atoms with van der Waals surface area (Å²) in [6.07, 6.45) is 1.72. The van der Waals surface area contributed by atoms with E-state index in [1.165, 1.54) is 11.1 Å². The second-order valence-corrected chi connectivity index (χ2v) is 5.21. The summed E-state index contributed by atoms with van der Waals surface area (Å²) in [5, 5.41) is 0. The predicted octanol–water partition coefficient (Wildman–Crippen LogP) is 4.27. The van der Waals surface area contributed by atoms with E-state index >= 15 is 0 Å². The van der Waals surface area contributed by atoms with E-state index in [1.807, 2.05) is 12.1 Å². The lowest BCUT2D eigenvalue weighted by atomic mass is 10.1. The highest BCUT2D eigenvalue weighted by atomic mass is 79.9. The number of nitrogens with zero attached hydrogens (tertiary/aromatic N) is 2. The first-order chi connectivity index (χ1) is 8.63. The van der Waals surface area contributed by atoms with Crippen molar-refractivity contribution < 1.29 is 4.42 Å². The van der Waals surface area contributed by atoms with Crippen LogP contribution in [-0.4, -0.2) is 9.97 Å². The number of aromatic nitrogens is 2. The number of hydrogen-bond donors (Lipinski definition) is 0. The third kappa shape index (κ3) is 1.93. The molecule has 0 unspecified atom stereocenters. The second kappa shape index (κ2) is 4.21. The molecule has 3 nitrogen and oxygen atoms in total. The molecule has 0 aliphatic carbocycles. The van der Waals surface area contributed by atoms with Crippen molar-refractivity contribution in [1.29, 1.82) is 0 Å². The van der Waals surface area contributed by atoms with E-state index in [0.29, 0.717) is 17.1 Å². The maximum Gasteiger partial charge on any atom is 0.228 e. The van der Waals surface area contributed by atoms with Gasteiger partial charge in [0, 0.05) is 22.3 Å². The van der Waals surface area contributed by atoms with Crippen molar-refractivity contribution >= 4 is 27.2 Å². The van der Waals surface area contributed by atoms with Crippen molar-refractivity contribution in [2.75, 3.05) is 0 Å². The monoisotopic (exact) mass is 302 g/mol. The minimum Gasteiger partial charge on any atom is -0.434 e. The molecular formula is C14H11BrN2O. The first kappa shape index (κ1) is 11.4. The Bertz CT molecular complexity index is 734. The summed E-state index contributed by atoms with van der Waals surface area (Å²) in [6.45, 7) is 4.17. The van der Waals surface area contributed by atoms with Crippen molar-refractivity contribution in [3.8, 4) is 11.5 Å². The first-order valence-electron chi connectivity index (χ1n) is 5.63. The summed E-state index contributed by atoms with van der Waals surface area (Å²) in [5.74, 6) is 0.610. The van der Waals surface area contributed by atoms with Crippen molar-refractivity contribution in [2.24, 2.45) is 0 Å². The van der Waals surface area contributed by atoms with Crippen molar-refractivity contribution in [3.63, 3.8) is 0 Å². The molecule has 0 radical (unpaired) electrons. The van der Waals surface area contributed by atoms with Gasteiger partial charge in [0.2, 0.25) is 5.89 Å². The van der Waals surface area contributed by atoms with E-state index in [2.05, 4.69) is 51.9 Å². The number of halogens is 1. The molecule has 3 aromatic rings. The van der Waals surface area contributed by atoms with Gasteiger partial charge in [0.25, 0.3) is 0 Å². The highest BCUT2D eigenvalue weighted by Gasteiger charge is 2.10. The van der Waals surface area contributed by atoms with Crippen LogP contribution in [0.1, 0.15) is 11.1 Å². The molecule has 0 aliphatic rings. The van der Waals surface area contributed by atoms with Gasteiger partial charge in [0.1, 0.15) is 0 Å². The van der Waals surface area contributed by atoms with Gasteiger partial charge in [-0.3, -0.25) is 0 Å². The molecule has 4 heteroatoms. The maximum absolute atomic E-state index is 5.73. The second-order valence-electron chi connectivity index (χ2n) is 4.29. The number of fused-ring (bicyclic) bond motifs is 1. The van der Waals surface area contributed by atoms with E-state index in [-0.39, 0.29) is 0 Å². The standard InChI is InChI=1S/C14H11BrN2O/c1-8-3-4-10(5-9(8)2)14-17-13-12(18-14)6-11(15)7-16-13/h3-7H,1-2H3. The van der Waals surface area contributed by atoms with E-state index in [9.17, 15) is 0 Å². The molecule has 0 aliphatic heterocycles. The van der Waals surface area contributed by atoms with Crippen LogP contribution >= 0.6 is 15.9 Å². The summed E-state index contributed by atoms with van der Waals surface area (Å²) in [6, 6.07) is 8.04. The molecule has 3 rings (SSSR count). The van der Waals surface area contributed by atoms with Gasteiger partial charge in [-0.2, -0.15) is 4.98 Å². The SMILES string of the molecule is Cc1ccc(-c2nc3ncc(Br)cc3o2)cc1C. The molecule has 90 valence electrons. The Labute approximate surface area is 113 Å². The molecule has 0 saturated carbocycles. The Kier molecular flexibility index (Phi) is 2.67. The van der Waals surface area contributed by atoms with Gasteiger partial charge in [0.05, 0.1) is 0 Å². The Morgan fingerprint density at radius 1 is 1.11 bits per heavy atom. The maximum atomic E-state index is 5.73. The minimum atomic E-state index is 0.610. The molecule has 0 atom stereocenters. The van der Waals surface area contributed by atoms with Crippen LogP contribution in [-0.2, 0) is 0 Å². The fourth-order valence-corrected chi connectivity index (χ4v) is 2.10. The molecule has 0 saturated heterocycles. The van der Waals surface area contributed by atoms with Crippen LogP contribution in [0.25, 0.3) is 22.7 Å². The Morgan fingerprint density at radius 2 is 1.94 bits per heavy atom. The highest BCUT2D eigenvalue weighted by molar-refractivity contribution is 9.10. The average molecular weight is 303 g/mol. The zero-order valence-corrected chi connectivity index (χ0v) is 11.7. The largest absolute Gasteiger partial charge is 0.434 e. The molecule has 0 bridgehead atoms. The average Bonchev–Trinajstić information content (AvgIpc) is 2.75. The fraction of sp³-hybridized carbons (Fsp3) is 0.143. The lowest BCUT2D eigenvalue weighted by Gasteiger charge is -2.00. The Hall–Kier alpha value is -1.68. The number of benzene rings is 1. The number of aryl methyl sites for hydroxylation is 2. The third-order valence-corrected chi connectivity index (χ3v) is 3.40. The van der Waals surface area contributed by atoms with Crippen LogP contribution in [0.4, 0.5) is 0 Å². The zero-order chi connectivity index (χ0) is 12.7. The van der Waals surface area contributed by atoms with E-state index in [0.717, 1.165) is 10.0 Å². The molecule has 2 heterocycles. The van der Waals surface area contributed by atoms with E-state index in [4.69, 9.17) is 4.42 Å². The summed E-state index contributed by atoms with van der Waals surface area (Å²) >= 11 is 3.37. The predicted molar refractivity (Wildman–Crippen MR) is 74.4 cm³/mol. The van der Waals surface area contributed by atoms with Crippen LogP contribution in [0, 0.1) is 13.8 Å². The van der Waals surface area contributed by atoms with Crippen LogP contribution in [0.2, 0.25) is 0 Å². The third-order valence-electron chi connectivity index (χ3n) is 2.97. The van der Waals surface area contributed by atoms with Gasteiger partial charge in [-0.05, 0) is 53.0 Å². The number of hydrogen-bond acceptors (Lipinski definition) is 3. The van der Waals surface area contributed by atoms with E-state index < -0.39 is 0 Å². The van der Waals surface area contributed by atoms with Crippen LogP contribution < -0.4 is 0 Å². The molecule has 2 aromatic heterocycles. The lowest BCUT2D eigenvalue weighted by molar-refractivity contribution is 0.619. The van der Waals surface area contributed by atoms with Gasteiger partial charge in [-0.15, -0.1) is 0 Å². The van der Waals surface area contributed by atoms with Gasteiger partial charge < -0.3 is 4.42 Å². The van der Waals surface area contributed by atoms with Crippen molar-refractivity contribution in [2.45, 2.75) is 13.8 Å². The van der Waals surface area contributed by atoms with Crippen molar-refractivity contribution in [1.82, 2.24) is 9.97 Å².